The molecule has 0 radical (unpaired) electrons. The Hall–Kier alpha value is -2.16. The fourth-order valence-corrected chi connectivity index (χ4v) is 10.8. The number of nitrogens with zero attached hydrogens (tertiary/aromatic N) is 2. The van der Waals surface area contributed by atoms with Crippen LogP contribution in [0.15, 0.2) is 0 Å². The molecule has 0 fully saturated rings. The molecule has 0 heterocycles. The standard InChI is InChI=1S/C64H124N2O7/c1-9-15-20-24-26-32-42-57(41-30-22-17-11-3)53-59(64(71)73-55-58(43-31-23-18-12-4)44-33-27-25-21-16-10-2)45-37-38-47-60(46-34-28-35-48-62(68)69)66(61(67)50-52-65(7)8)51-39-29-36-49-63(70)72-54-56(14-6)40-19-13-5/h56-60H,9-55H2,1-8H3,(H,68,69). The summed E-state index contributed by atoms with van der Waals surface area (Å²) >= 11 is 0. The van der Waals surface area contributed by atoms with Gasteiger partial charge in [0.25, 0.3) is 0 Å². The number of hydrogen-bond acceptors (Lipinski definition) is 7. The Morgan fingerprint density at radius 3 is 1.37 bits per heavy atom. The fourth-order valence-electron chi connectivity index (χ4n) is 10.8. The zero-order chi connectivity index (χ0) is 54.0. The molecular weight excluding hydrogens is 909 g/mol. The number of carbonyl (C=O) groups excluding carboxylic acids is 3. The van der Waals surface area contributed by atoms with E-state index < -0.39 is 5.97 Å². The Morgan fingerprint density at radius 1 is 0.411 bits per heavy atom. The first-order valence-electron chi connectivity index (χ1n) is 31.9. The van der Waals surface area contributed by atoms with Crippen LogP contribution in [-0.4, -0.2) is 85.2 Å². The summed E-state index contributed by atoms with van der Waals surface area (Å²) in [5.41, 5.74) is 0. The van der Waals surface area contributed by atoms with Crippen molar-refractivity contribution in [3.05, 3.63) is 0 Å². The van der Waals surface area contributed by atoms with Gasteiger partial charge in [-0.1, -0.05) is 234 Å². The van der Waals surface area contributed by atoms with Gasteiger partial charge in [-0.2, -0.15) is 0 Å². The van der Waals surface area contributed by atoms with Gasteiger partial charge in [-0.05, 0) is 96.1 Å². The maximum absolute atomic E-state index is 14.5. The molecule has 0 aliphatic carbocycles. The molecular formula is C64H124N2O7. The second kappa shape index (κ2) is 51.9. The number of aliphatic carboxylic acids is 1. The van der Waals surface area contributed by atoms with Crippen molar-refractivity contribution in [3.63, 3.8) is 0 Å². The van der Waals surface area contributed by atoms with Crippen LogP contribution >= 0.6 is 0 Å². The first-order valence-corrected chi connectivity index (χ1v) is 31.9. The summed E-state index contributed by atoms with van der Waals surface area (Å²) in [7, 11) is 4.02. The van der Waals surface area contributed by atoms with Gasteiger partial charge in [0, 0.05) is 38.4 Å². The normalized spacial score (nSPS) is 13.7. The van der Waals surface area contributed by atoms with E-state index in [9.17, 15) is 24.3 Å². The van der Waals surface area contributed by atoms with Gasteiger partial charge in [0.05, 0.1) is 19.1 Å². The summed E-state index contributed by atoms with van der Waals surface area (Å²) in [6.07, 6.45) is 45.7. The van der Waals surface area contributed by atoms with Gasteiger partial charge in [-0.3, -0.25) is 19.2 Å². The van der Waals surface area contributed by atoms with E-state index in [1.807, 2.05) is 14.1 Å². The maximum atomic E-state index is 14.5. The molecule has 5 atom stereocenters. The first kappa shape index (κ1) is 70.8. The fraction of sp³-hybridized carbons (Fsp3) is 0.938. The minimum Gasteiger partial charge on any atom is -0.481 e. The number of carboxylic acid groups (broad SMARTS) is 1. The molecule has 0 rings (SSSR count). The van der Waals surface area contributed by atoms with Gasteiger partial charge >= 0.3 is 17.9 Å². The molecule has 0 saturated heterocycles. The molecule has 9 nitrogen and oxygen atoms in total. The Labute approximate surface area is 453 Å². The number of hydrogen-bond donors (Lipinski definition) is 1. The third-order valence-corrected chi connectivity index (χ3v) is 15.9. The second-order valence-electron chi connectivity index (χ2n) is 23.1. The van der Waals surface area contributed by atoms with E-state index in [1.54, 1.807) is 0 Å². The highest BCUT2D eigenvalue weighted by Crippen LogP contribution is 2.31. The molecule has 0 aromatic rings. The minimum atomic E-state index is -0.758. The summed E-state index contributed by atoms with van der Waals surface area (Å²) in [5, 5.41) is 9.35. The van der Waals surface area contributed by atoms with E-state index in [-0.39, 0.29) is 36.2 Å². The summed E-state index contributed by atoms with van der Waals surface area (Å²) in [4.78, 5) is 57.0. The van der Waals surface area contributed by atoms with Crippen LogP contribution in [0.2, 0.25) is 0 Å². The lowest BCUT2D eigenvalue weighted by Gasteiger charge is -2.33. The van der Waals surface area contributed by atoms with E-state index in [0.29, 0.717) is 63.3 Å². The Morgan fingerprint density at radius 2 is 0.836 bits per heavy atom. The Kier molecular flexibility index (Phi) is 50.4. The van der Waals surface area contributed by atoms with Gasteiger partial charge in [-0.25, -0.2) is 0 Å². The summed E-state index contributed by atoms with van der Waals surface area (Å²) in [5.74, 6) is 0.642. The molecule has 0 aromatic heterocycles. The molecule has 1 amide bonds. The van der Waals surface area contributed by atoms with Crippen molar-refractivity contribution in [2.75, 3.05) is 40.4 Å². The van der Waals surface area contributed by atoms with Gasteiger partial charge in [0.2, 0.25) is 5.91 Å². The zero-order valence-corrected chi connectivity index (χ0v) is 49.9. The van der Waals surface area contributed by atoms with Gasteiger partial charge < -0.3 is 24.4 Å². The number of unbranched alkanes of at least 4 members (excludes halogenated alkanes) is 22. The number of esters is 2. The molecule has 432 valence electrons. The van der Waals surface area contributed by atoms with E-state index in [4.69, 9.17) is 9.47 Å². The van der Waals surface area contributed by atoms with Crippen molar-refractivity contribution in [1.82, 2.24) is 9.80 Å². The zero-order valence-electron chi connectivity index (χ0n) is 49.9. The molecule has 1 N–H and O–H groups in total. The molecule has 0 aliphatic heterocycles. The topological polar surface area (TPSA) is 113 Å². The minimum absolute atomic E-state index is 0.0315. The molecule has 0 bridgehead atoms. The molecule has 0 aromatic carbocycles. The smallest absolute Gasteiger partial charge is 0.308 e. The third-order valence-electron chi connectivity index (χ3n) is 15.9. The second-order valence-corrected chi connectivity index (χ2v) is 23.1. The highest BCUT2D eigenvalue weighted by Gasteiger charge is 2.27. The van der Waals surface area contributed by atoms with Crippen LogP contribution in [0.1, 0.15) is 318 Å². The molecule has 5 unspecified atom stereocenters. The Bertz CT molecular complexity index is 1260. The molecule has 0 spiro atoms. The van der Waals surface area contributed by atoms with Crippen LogP contribution in [0.4, 0.5) is 0 Å². The summed E-state index contributed by atoms with van der Waals surface area (Å²) in [6.45, 7) is 15.9. The largest absolute Gasteiger partial charge is 0.481 e. The average Bonchev–Trinajstić information content (AvgIpc) is 3.37. The summed E-state index contributed by atoms with van der Waals surface area (Å²) < 4.78 is 12.2. The van der Waals surface area contributed by atoms with Crippen LogP contribution in [0.25, 0.3) is 0 Å². The van der Waals surface area contributed by atoms with E-state index in [0.717, 1.165) is 109 Å². The number of carbonyl (C=O) groups is 4. The predicted molar refractivity (Wildman–Crippen MR) is 310 cm³/mol. The monoisotopic (exact) mass is 1030 g/mol. The third kappa shape index (κ3) is 43.6. The molecule has 9 heteroatoms. The lowest BCUT2D eigenvalue weighted by molar-refractivity contribution is -0.151. The van der Waals surface area contributed by atoms with Gasteiger partial charge in [0.15, 0.2) is 0 Å². The van der Waals surface area contributed by atoms with Gasteiger partial charge in [-0.15, -0.1) is 0 Å². The Balaban J connectivity index is 6.32. The summed E-state index contributed by atoms with van der Waals surface area (Å²) in [6, 6.07) is 0.0541. The van der Waals surface area contributed by atoms with Crippen molar-refractivity contribution in [2.24, 2.45) is 23.7 Å². The lowest BCUT2D eigenvalue weighted by atomic mass is 9.84. The van der Waals surface area contributed by atoms with E-state index >= 15 is 0 Å². The highest BCUT2D eigenvalue weighted by molar-refractivity contribution is 5.76. The van der Waals surface area contributed by atoms with Gasteiger partial charge in [0.1, 0.15) is 0 Å². The molecule has 0 saturated carbocycles. The lowest BCUT2D eigenvalue weighted by Crippen LogP contribution is -2.42. The SMILES string of the molecule is CCCCCCCCC(CCCCCC)COC(=O)C(CCCCC(CCCCCC(=O)O)N(CCCCCC(=O)OCC(CC)CCCC)C(=O)CCN(C)C)CC(CCCCCC)CCCCCCCC. The maximum Gasteiger partial charge on any atom is 0.308 e. The van der Waals surface area contributed by atoms with Crippen LogP contribution in [0.5, 0.6) is 0 Å². The first-order chi connectivity index (χ1) is 35.4. The highest BCUT2D eigenvalue weighted by atomic mass is 16.5. The van der Waals surface area contributed by atoms with Crippen LogP contribution in [0.3, 0.4) is 0 Å². The van der Waals surface area contributed by atoms with Crippen LogP contribution in [0, 0.1) is 23.7 Å². The van der Waals surface area contributed by atoms with Crippen molar-refractivity contribution in [2.45, 2.75) is 324 Å². The van der Waals surface area contributed by atoms with Crippen LogP contribution < -0.4 is 0 Å². The number of carboxylic acids is 1. The number of rotatable bonds is 56. The number of amides is 1. The van der Waals surface area contributed by atoms with Crippen molar-refractivity contribution >= 4 is 23.8 Å². The predicted octanol–water partition coefficient (Wildman–Crippen LogP) is 18.3. The van der Waals surface area contributed by atoms with Crippen LogP contribution in [-0.2, 0) is 28.7 Å². The van der Waals surface area contributed by atoms with Crippen molar-refractivity contribution in [3.8, 4) is 0 Å². The van der Waals surface area contributed by atoms with E-state index in [2.05, 4.69) is 51.3 Å². The number of ether oxygens (including phenoxy) is 2. The van der Waals surface area contributed by atoms with E-state index in [1.165, 1.54) is 141 Å². The molecule has 0 aliphatic rings. The van der Waals surface area contributed by atoms with Crippen molar-refractivity contribution < 1.29 is 33.8 Å². The quantitative estimate of drug-likeness (QED) is 0.0473. The average molecular weight is 1030 g/mol. The van der Waals surface area contributed by atoms with Crippen molar-refractivity contribution in [1.29, 1.82) is 0 Å². The molecule has 73 heavy (non-hydrogen) atoms.